The van der Waals surface area contributed by atoms with E-state index in [0.717, 1.165) is 25.7 Å². The van der Waals surface area contributed by atoms with E-state index in [1.165, 1.54) is 57.8 Å². The molecule has 6 nitrogen and oxygen atoms in total. The zero-order valence-electron chi connectivity index (χ0n) is 22.8. The number of carbonyl (C=O) groups excluding carboxylic acids is 3. The van der Waals surface area contributed by atoms with Gasteiger partial charge in [0.05, 0.1) is 0 Å². The highest BCUT2D eigenvalue weighted by Gasteiger charge is 2.19. The van der Waals surface area contributed by atoms with Crippen LogP contribution in [0.15, 0.2) is 12.2 Å². The summed E-state index contributed by atoms with van der Waals surface area (Å²) in [6.07, 6.45) is 21.9. The SMILES string of the molecule is CCCCCCCC/C=C\CCCCCCCC(=O)OC[C@H](COC(=O)CCC)OC(=O)CCC. The van der Waals surface area contributed by atoms with Crippen LogP contribution in [-0.4, -0.2) is 37.2 Å². The Kier molecular flexibility index (Phi) is 23.9. The number of esters is 3. The summed E-state index contributed by atoms with van der Waals surface area (Å²) >= 11 is 0. The largest absolute Gasteiger partial charge is 0.462 e. The first-order valence-electron chi connectivity index (χ1n) is 14.2. The molecule has 0 aliphatic rings. The van der Waals surface area contributed by atoms with Crippen molar-refractivity contribution >= 4 is 17.9 Å². The van der Waals surface area contributed by atoms with Crippen LogP contribution in [0.2, 0.25) is 0 Å². The smallest absolute Gasteiger partial charge is 0.306 e. The summed E-state index contributed by atoms with van der Waals surface area (Å²) in [7, 11) is 0. The first kappa shape index (κ1) is 33.1. The van der Waals surface area contributed by atoms with E-state index >= 15 is 0 Å². The summed E-state index contributed by atoms with van der Waals surface area (Å²) in [5.41, 5.74) is 0. The lowest BCUT2D eigenvalue weighted by molar-refractivity contribution is -0.166. The van der Waals surface area contributed by atoms with E-state index in [0.29, 0.717) is 25.7 Å². The molecule has 0 N–H and O–H groups in total. The molecule has 0 aromatic heterocycles. The van der Waals surface area contributed by atoms with Crippen molar-refractivity contribution in [3.63, 3.8) is 0 Å². The van der Waals surface area contributed by atoms with Gasteiger partial charge in [0.25, 0.3) is 0 Å². The van der Waals surface area contributed by atoms with E-state index < -0.39 is 6.10 Å². The molecule has 0 spiro atoms. The highest BCUT2D eigenvalue weighted by atomic mass is 16.6. The lowest BCUT2D eigenvalue weighted by Gasteiger charge is -2.18. The third-order valence-electron chi connectivity index (χ3n) is 5.71. The summed E-state index contributed by atoms with van der Waals surface area (Å²) in [5.74, 6) is -1.03. The van der Waals surface area contributed by atoms with Crippen LogP contribution in [-0.2, 0) is 28.6 Å². The van der Waals surface area contributed by atoms with Crippen molar-refractivity contribution in [1.29, 1.82) is 0 Å². The van der Waals surface area contributed by atoms with E-state index in [1.54, 1.807) is 0 Å². The van der Waals surface area contributed by atoms with Gasteiger partial charge in [-0.1, -0.05) is 84.3 Å². The standard InChI is InChI=1S/C29H52O6/c1-4-7-8-9-10-11-12-13-14-15-16-17-18-19-20-23-28(31)34-25-26(35-29(32)22-6-3)24-33-27(30)21-5-2/h13-14,26H,4-12,15-25H2,1-3H3/b14-13-/t26-/m0/s1. The molecular weight excluding hydrogens is 444 g/mol. The van der Waals surface area contributed by atoms with Crippen LogP contribution in [0.25, 0.3) is 0 Å². The number of hydrogen-bond acceptors (Lipinski definition) is 6. The molecule has 0 amide bonds. The summed E-state index contributed by atoms with van der Waals surface area (Å²) in [6, 6.07) is 0. The van der Waals surface area contributed by atoms with Gasteiger partial charge in [-0.05, 0) is 44.9 Å². The number of rotatable bonds is 24. The Morgan fingerprint density at radius 1 is 0.543 bits per heavy atom. The van der Waals surface area contributed by atoms with Crippen molar-refractivity contribution in [3.8, 4) is 0 Å². The molecule has 204 valence electrons. The molecular formula is C29H52O6. The molecule has 0 radical (unpaired) electrons. The molecule has 0 aromatic rings. The predicted molar refractivity (Wildman–Crippen MR) is 141 cm³/mol. The second-order valence-corrected chi connectivity index (χ2v) is 9.31. The second-order valence-electron chi connectivity index (χ2n) is 9.31. The topological polar surface area (TPSA) is 78.9 Å². The molecule has 0 saturated carbocycles. The predicted octanol–water partition coefficient (Wildman–Crippen LogP) is 7.62. The lowest BCUT2D eigenvalue weighted by atomic mass is 10.1. The Labute approximate surface area is 214 Å². The minimum atomic E-state index is -0.757. The van der Waals surface area contributed by atoms with E-state index in [1.807, 2.05) is 13.8 Å². The Hall–Kier alpha value is -1.85. The molecule has 35 heavy (non-hydrogen) atoms. The number of hydrogen-bond donors (Lipinski definition) is 0. The molecule has 0 aliphatic heterocycles. The maximum atomic E-state index is 12.1. The Morgan fingerprint density at radius 3 is 1.54 bits per heavy atom. The van der Waals surface area contributed by atoms with Gasteiger partial charge < -0.3 is 14.2 Å². The molecule has 1 atom stereocenters. The Bertz CT molecular complexity index is 557. The molecule has 6 heteroatoms. The van der Waals surface area contributed by atoms with Crippen LogP contribution < -0.4 is 0 Å². The minimum absolute atomic E-state index is 0.0846. The summed E-state index contributed by atoms with van der Waals surface area (Å²) in [5, 5.41) is 0. The van der Waals surface area contributed by atoms with Crippen molar-refractivity contribution in [3.05, 3.63) is 12.2 Å². The number of carbonyl (C=O) groups is 3. The fourth-order valence-corrected chi connectivity index (χ4v) is 3.63. The van der Waals surface area contributed by atoms with Gasteiger partial charge in [0.1, 0.15) is 13.2 Å². The van der Waals surface area contributed by atoms with Gasteiger partial charge in [-0.15, -0.1) is 0 Å². The molecule has 0 aliphatic carbocycles. The van der Waals surface area contributed by atoms with Gasteiger partial charge >= 0.3 is 17.9 Å². The van der Waals surface area contributed by atoms with Gasteiger partial charge in [0, 0.05) is 19.3 Å². The summed E-state index contributed by atoms with van der Waals surface area (Å²) in [6.45, 7) is 5.84. The maximum absolute atomic E-state index is 12.1. The second kappa shape index (κ2) is 25.2. The van der Waals surface area contributed by atoms with Gasteiger partial charge in [-0.2, -0.15) is 0 Å². The Balaban J connectivity index is 3.83. The van der Waals surface area contributed by atoms with E-state index in [2.05, 4.69) is 19.1 Å². The highest BCUT2D eigenvalue weighted by Crippen LogP contribution is 2.11. The average molecular weight is 497 g/mol. The van der Waals surface area contributed by atoms with Gasteiger partial charge in [-0.25, -0.2) is 0 Å². The monoisotopic (exact) mass is 496 g/mol. The highest BCUT2D eigenvalue weighted by molar-refractivity contribution is 5.71. The zero-order chi connectivity index (χ0) is 26.0. The molecule has 0 unspecified atom stereocenters. The van der Waals surface area contributed by atoms with Crippen LogP contribution in [0.5, 0.6) is 0 Å². The fourth-order valence-electron chi connectivity index (χ4n) is 3.63. The third-order valence-corrected chi connectivity index (χ3v) is 5.71. The third kappa shape index (κ3) is 23.7. The molecule has 0 rings (SSSR count). The molecule has 0 fully saturated rings. The first-order chi connectivity index (χ1) is 17.0. The number of ether oxygens (including phenoxy) is 3. The van der Waals surface area contributed by atoms with Gasteiger partial charge in [-0.3, -0.25) is 14.4 Å². The summed E-state index contributed by atoms with van der Waals surface area (Å²) < 4.78 is 15.7. The first-order valence-corrected chi connectivity index (χ1v) is 14.2. The minimum Gasteiger partial charge on any atom is -0.462 e. The lowest BCUT2D eigenvalue weighted by Crippen LogP contribution is -2.30. The van der Waals surface area contributed by atoms with Crippen molar-refractivity contribution in [2.45, 2.75) is 142 Å². The van der Waals surface area contributed by atoms with Crippen LogP contribution in [0, 0.1) is 0 Å². The molecule has 0 aromatic carbocycles. The van der Waals surface area contributed by atoms with Crippen molar-refractivity contribution in [2.24, 2.45) is 0 Å². The van der Waals surface area contributed by atoms with Gasteiger partial charge in [0.2, 0.25) is 0 Å². The quantitative estimate of drug-likeness (QED) is 0.0592. The molecule has 0 heterocycles. The van der Waals surface area contributed by atoms with Crippen molar-refractivity contribution in [2.75, 3.05) is 13.2 Å². The van der Waals surface area contributed by atoms with Gasteiger partial charge in [0.15, 0.2) is 6.10 Å². The van der Waals surface area contributed by atoms with Crippen molar-refractivity contribution in [1.82, 2.24) is 0 Å². The zero-order valence-corrected chi connectivity index (χ0v) is 22.8. The fraction of sp³-hybridized carbons (Fsp3) is 0.828. The van der Waals surface area contributed by atoms with Crippen LogP contribution in [0.3, 0.4) is 0 Å². The number of allylic oxidation sites excluding steroid dienone is 2. The van der Waals surface area contributed by atoms with Crippen LogP contribution >= 0.6 is 0 Å². The number of unbranched alkanes of at least 4 members (excludes halogenated alkanes) is 11. The summed E-state index contributed by atoms with van der Waals surface area (Å²) in [4.78, 5) is 35.4. The van der Waals surface area contributed by atoms with Crippen LogP contribution in [0.1, 0.15) is 136 Å². The Morgan fingerprint density at radius 2 is 1.00 bits per heavy atom. The van der Waals surface area contributed by atoms with E-state index in [4.69, 9.17) is 14.2 Å². The average Bonchev–Trinajstić information content (AvgIpc) is 2.83. The van der Waals surface area contributed by atoms with E-state index in [-0.39, 0.29) is 37.5 Å². The van der Waals surface area contributed by atoms with E-state index in [9.17, 15) is 14.4 Å². The van der Waals surface area contributed by atoms with Crippen molar-refractivity contribution < 1.29 is 28.6 Å². The molecule has 0 bridgehead atoms. The maximum Gasteiger partial charge on any atom is 0.306 e. The van der Waals surface area contributed by atoms with Crippen LogP contribution in [0.4, 0.5) is 0 Å². The molecule has 0 saturated heterocycles. The normalized spacial score (nSPS) is 12.0.